The Morgan fingerprint density at radius 3 is 2.29 bits per heavy atom. The first-order valence-corrected chi connectivity index (χ1v) is 9.48. The average molecular weight is 384 g/mol. The SMILES string of the molecule is COc1ccc(CC(=O)Nc2ccc(N3C(C)COCC3C)cc2)cc1OC. The van der Waals surface area contributed by atoms with Gasteiger partial charge < -0.3 is 24.4 Å². The predicted octanol–water partition coefficient (Wildman–Crippen LogP) is 3.50. The number of amides is 1. The van der Waals surface area contributed by atoms with Crippen LogP contribution < -0.4 is 19.7 Å². The molecule has 1 N–H and O–H groups in total. The molecule has 0 aromatic heterocycles. The van der Waals surface area contributed by atoms with Gasteiger partial charge in [-0.25, -0.2) is 0 Å². The van der Waals surface area contributed by atoms with Gasteiger partial charge in [0.05, 0.1) is 33.9 Å². The van der Waals surface area contributed by atoms with Crippen LogP contribution in [0.15, 0.2) is 42.5 Å². The fourth-order valence-electron chi connectivity index (χ4n) is 3.61. The second-order valence-corrected chi connectivity index (χ2v) is 7.10. The third kappa shape index (κ3) is 4.57. The molecule has 3 rings (SSSR count). The molecule has 1 aliphatic rings. The van der Waals surface area contributed by atoms with Crippen molar-refractivity contribution in [3.05, 3.63) is 48.0 Å². The van der Waals surface area contributed by atoms with E-state index in [-0.39, 0.29) is 12.3 Å². The van der Waals surface area contributed by atoms with Crippen molar-refractivity contribution in [2.24, 2.45) is 0 Å². The van der Waals surface area contributed by atoms with Crippen molar-refractivity contribution in [1.82, 2.24) is 0 Å². The molecule has 1 amide bonds. The van der Waals surface area contributed by atoms with Crippen LogP contribution in [0.1, 0.15) is 19.4 Å². The largest absolute Gasteiger partial charge is 0.493 e. The van der Waals surface area contributed by atoms with Crippen LogP contribution in [0.2, 0.25) is 0 Å². The highest BCUT2D eigenvalue weighted by atomic mass is 16.5. The summed E-state index contributed by atoms with van der Waals surface area (Å²) in [5.41, 5.74) is 2.78. The van der Waals surface area contributed by atoms with Gasteiger partial charge in [-0.2, -0.15) is 0 Å². The summed E-state index contributed by atoms with van der Waals surface area (Å²) in [7, 11) is 3.17. The van der Waals surface area contributed by atoms with Crippen LogP contribution in [0.5, 0.6) is 11.5 Å². The van der Waals surface area contributed by atoms with E-state index < -0.39 is 0 Å². The summed E-state index contributed by atoms with van der Waals surface area (Å²) in [5.74, 6) is 1.19. The van der Waals surface area contributed by atoms with E-state index in [0.29, 0.717) is 23.6 Å². The molecule has 0 spiro atoms. The number of hydrogen-bond donors (Lipinski definition) is 1. The fourth-order valence-corrected chi connectivity index (χ4v) is 3.61. The Morgan fingerprint density at radius 2 is 1.68 bits per heavy atom. The standard InChI is InChI=1S/C22H28N2O4/c1-15-13-28-14-16(2)24(15)19-8-6-18(7-9-19)23-22(25)12-17-5-10-20(26-3)21(11-17)27-4/h5-11,15-16H,12-14H2,1-4H3,(H,23,25). The Kier molecular flexibility index (Phi) is 6.41. The molecule has 150 valence electrons. The third-order valence-corrected chi connectivity index (χ3v) is 4.93. The van der Waals surface area contributed by atoms with Crippen molar-refractivity contribution in [1.29, 1.82) is 0 Å². The highest BCUT2D eigenvalue weighted by Gasteiger charge is 2.25. The number of rotatable bonds is 6. The number of nitrogens with zero attached hydrogens (tertiary/aromatic N) is 1. The number of anilines is 2. The van der Waals surface area contributed by atoms with E-state index in [0.717, 1.165) is 30.2 Å². The first-order chi connectivity index (χ1) is 13.5. The number of carbonyl (C=O) groups excluding carboxylic acids is 1. The summed E-state index contributed by atoms with van der Waals surface area (Å²) in [4.78, 5) is 14.8. The van der Waals surface area contributed by atoms with E-state index >= 15 is 0 Å². The van der Waals surface area contributed by atoms with Gasteiger partial charge in [0, 0.05) is 23.5 Å². The number of nitrogens with one attached hydrogen (secondary N) is 1. The minimum absolute atomic E-state index is 0.0759. The smallest absolute Gasteiger partial charge is 0.228 e. The molecule has 1 saturated heterocycles. The molecule has 0 radical (unpaired) electrons. The van der Waals surface area contributed by atoms with Gasteiger partial charge in [-0.15, -0.1) is 0 Å². The summed E-state index contributed by atoms with van der Waals surface area (Å²) in [5, 5.41) is 2.95. The van der Waals surface area contributed by atoms with Crippen LogP contribution >= 0.6 is 0 Å². The van der Waals surface area contributed by atoms with E-state index in [1.165, 1.54) is 0 Å². The second-order valence-electron chi connectivity index (χ2n) is 7.10. The number of morpholine rings is 1. The van der Waals surface area contributed by atoms with Crippen LogP contribution in [0.25, 0.3) is 0 Å². The molecule has 0 saturated carbocycles. The lowest BCUT2D eigenvalue weighted by atomic mass is 10.1. The molecule has 6 heteroatoms. The van der Waals surface area contributed by atoms with Gasteiger partial charge in [0.1, 0.15) is 0 Å². The van der Waals surface area contributed by atoms with Gasteiger partial charge >= 0.3 is 0 Å². The van der Waals surface area contributed by atoms with Gasteiger partial charge in [-0.1, -0.05) is 6.07 Å². The molecule has 1 heterocycles. The molecule has 2 aromatic carbocycles. The summed E-state index contributed by atoms with van der Waals surface area (Å²) in [6, 6.07) is 14.1. The monoisotopic (exact) mass is 384 g/mol. The molecule has 28 heavy (non-hydrogen) atoms. The molecule has 0 bridgehead atoms. The van der Waals surface area contributed by atoms with Gasteiger partial charge in [-0.3, -0.25) is 4.79 Å². The zero-order chi connectivity index (χ0) is 20.1. The molecule has 2 unspecified atom stereocenters. The van der Waals surface area contributed by atoms with Crippen LogP contribution in [-0.2, 0) is 16.0 Å². The van der Waals surface area contributed by atoms with Crippen LogP contribution in [0.3, 0.4) is 0 Å². The Hall–Kier alpha value is -2.73. The number of carbonyl (C=O) groups is 1. The van der Waals surface area contributed by atoms with E-state index in [1.54, 1.807) is 20.3 Å². The first kappa shape index (κ1) is 20.0. The fraction of sp³-hybridized carbons (Fsp3) is 0.409. The molecule has 1 fully saturated rings. The number of benzene rings is 2. The number of hydrogen-bond acceptors (Lipinski definition) is 5. The normalized spacial score (nSPS) is 19.2. The zero-order valence-electron chi connectivity index (χ0n) is 16.9. The van der Waals surface area contributed by atoms with Gasteiger partial charge in [0.25, 0.3) is 0 Å². The zero-order valence-corrected chi connectivity index (χ0v) is 16.9. The Bertz CT molecular complexity index is 797. The van der Waals surface area contributed by atoms with Crippen molar-refractivity contribution < 1.29 is 19.0 Å². The van der Waals surface area contributed by atoms with E-state index in [4.69, 9.17) is 14.2 Å². The number of methoxy groups -OCH3 is 2. The summed E-state index contributed by atoms with van der Waals surface area (Å²) >= 11 is 0. The molecular formula is C22H28N2O4. The highest BCUT2D eigenvalue weighted by molar-refractivity contribution is 5.92. The molecule has 2 aromatic rings. The van der Waals surface area contributed by atoms with Crippen LogP contribution in [0.4, 0.5) is 11.4 Å². The number of ether oxygens (including phenoxy) is 3. The van der Waals surface area contributed by atoms with E-state index in [1.807, 2.05) is 36.4 Å². The minimum Gasteiger partial charge on any atom is -0.493 e. The maximum Gasteiger partial charge on any atom is 0.228 e. The lowest BCUT2D eigenvalue weighted by Crippen LogP contribution is -2.49. The van der Waals surface area contributed by atoms with Crippen LogP contribution in [-0.4, -0.2) is 45.4 Å². The molecule has 2 atom stereocenters. The maximum atomic E-state index is 12.4. The highest BCUT2D eigenvalue weighted by Crippen LogP contribution is 2.28. The Morgan fingerprint density at radius 1 is 1.04 bits per heavy atom. The minimum atomic E-state index is -0.0759. The molecule has 6 nitrogen and oxygen atoms in total. The van der Waals surface area contributed by atoms with Crippen molar-refractivity contribution >= 4 is 17.3 Å². The maximum absolute atomic E-state index is 12.4. The summed E-state index contributed by atoms with van der Waals surface area (Å²) < 4.78 is 16.1. The predicted molar refractivity (Wildman–Crippen MR) is 111 cm³/mol. The van der Waals surface area contributed by atoms with Gasteiger partial charge in [-0.05, 0) is 55.8 Å². The van der Waals surface area contributed by atoms with Gasteiger partial charge in [0.2, 0.25) is 5.91 Å². The van der Waals surface area contributed by atoms with Crippen molar-refractivity contribution in [3.8, 4) is 11.5 Å². The lowest BCUT2D eigenvalue weighted by Gasteiger charge is -2.40. The van der Waals surface area contributed by atoms with E-state index in [2.05, 4.69) is 24.1 Å². The first-order valence-electron chi connectivity index (χ1n) is 9.48. The summed E-state index contributed by atoms with van der Waals surface area (Å²) in [6.45, 7) is 5.78. The average Bonchev–Trinajstić information content (AvgIpc) is 2.69. The Labute approximate surface area is 166 Å². The van der Waals surface area contributed by atoms with Crippen LogP contribution in [0, 0.1) is 0 Å². The van der Waals surface area contributed by atoms with Crippen molar-refractivity contribution in [2.75, 3.05) is 37.7 Å². The molecule has 1 aliphatic heterocycles. The molecular weight excluding hydrogens is 356 g/mol. The lowest BCUT2D eigenvalue weighted by molar-refractivity contribution is -0.115. The second kappa shape index (κ2) is 8.97. The topological polar surface area (TPSA) is 60.0 Å². The van der Waals surface area contributed by atoms with Gasteiger partial charge in [0.15, 0.2) is 11.5 Å². The molecule has 0 aliphatic carbocycles. The third-order valence-electron chi connectivity index (χ3n) is 4.93. The summed E-state index contributed by atoms with van der Waals surface area (Å²) in [6.07, 6.45) is 0.264. The van der Waals surface area contributed by atoms with Crippen molar-refractivity contribution in [2.45, 2.75) is 32.4 Å². The quantitative estimate of drug-likeness (QED) is 0.826. The van der Waals surface area contributed by atoms with E-state index in [9.17, 15) is 4.79 Å². The Balaban J connectivity index is 1.63. The van der Waals surface area contributed by atoms with Crippen molar-refractivity contribution in [3.63, 3.8) is 0 Å².